The molecule has 3 rings (SSSR count). The number of hydrogen-bond acceptors (Lipinski definition) is 6. The second-order valence-electron chi connectivity index (χ2n) is 7.71. The first kappa shape index (κ1) is 25.8. The first-order valence-corrected chi connectivity index (χ1v) is 12.6. The van der Waals surface area contributed by atoms with Crippen LogP contribution in [0.25, 0.3) is 0 Å². The summed E-state index contributed by atoms with van der Waals surface area (Å²) in [6.07, 6.45) is 2.39. The number of methoxy groups -OCH3 is 1. The van der Waals surface area contributed by atoms with E-state index >= 15 is 0 Å². The summed E-state index contributed by atoms with van der Waals surface area (Å²) < 4.78 is 38.9. The van der Waals surface area contributed by atoms with Crippen LogP contribution in [-0.2, 0) is 14.8 Å². The van der Waals surface area contributed by atoms with Crippen molar-refractivity contribution in [1.82, 2.24) is 5.43 Å². The molecule has 0 saturated heterocycles. The summed E-state index contributed by atoms with van der Waals surface area (Å²) in [5.74, 6) is 0.470. The van der Waals surface area contributed by atoms with Crippen LogP contribution in [0.15, 0.2) is 82.8 Å². The molecule has 0 atom stereocenters. The molecule has 0 aliphatic heterocycles. The molecule has 0 unspecified atom stereocenters. The van der Waals surface area contributed by atoms with E-state index in [1.807, 2.05) is 38.1 Å². The number of nitrogens with zero attached hydrogens (tertiary/aromatic N) is 2. The highest BCUT2D eigenvalue weighted by atomic mass is 32.2. The number of ether oxygens (including phenoxy) is 2. The summed E-state index contributed by atoms with van der Waals surface area (Å²) in [5.41, 5.74) is 4.32. The van der Waals surface area contributed by atoms with Crippen LogP contribution in [0.2, 0.25) is 0 Å². The summed E-state index contributed by atoms with van der Waals surface area (Å²) in [6.45, 7) is 4.05. The average molecular weight is 496 g/mol. The van der Waals surface area contributed by atoms with E-state index in [2.05, 4.69) is 10.5 Å². The van der Waals surface area contributed by atoms with Gasteiger partial charge in [-0.15, -0.1) is 0 Å². The molecule has 8 nitrogen and oxygen atoms in total. The Hall–Kier alpha value is -3.85. The minimum atomic E-state index is -4.06. The molecule has 0 aliphatic rings. The molecule has 1 amide bonds. The number of nitrogens with one attached hydrogen (secondary N) is 1. The topological polar surface area (TPSA) is 97.3 Å². The van der Waals surface area contributed by atoms with E-state index in [9.17, 15) is 13.2 Å². The second-order valence-corrected chi connectivity index (χ2v) is 9.57. The molecular formula is C26H29N3O5S. The Morgan fingerprint density at radius 3 is 2.37 bits per heavy atom. The summed E-state index contributed by atoms with van der Waals surface area (Å²) >= 11 is 0. The van der Waals surface area contributed by atoms with Crippen LogP contribution >= 0.6 is 0 Å². The number of carbonyl (C=O) groups excluding carboxylic acids is 1. The van der Waals surface area contributed by atoms with Crippen molar-refractivity contribution in [2.24, 2.45) is 5.10 Å². The lowest BCUT2D eigenvalue weighted by molar-refractivity contribution is -0.119. The van der Waals surface area contributed by atoms with E-state index in [0.717, 1.165) is 27.6 Å². The van der Waals surface area contributed by atoms with E-state index in [1.54, 1.807) is 36.4 Å². The minimum Gasteiger partial charge on any atom is -0.495 e. The fraction of sp³-hybridized carbons (Fsp3) is 0.231. The zero-order chi connectivity index (χ0) is 25.3. The zero-order valence-corrected chi connectivity index (χ0v) is 20.8. The smallest absolute Gasteiger partial charge is 0.264 e. The van der Waals surface area contributed by atoms with Gasteiger partial charge in [-0.3, -0.25) is 9.10 Å². The Bertz CT molecular complexity index is 1260. The number of rotatable bonds is 11. The monoisotopic (exact) mass is 495 g/mol. The standard InChI is InChI=1S/C26H29N3O5S/c1-4-17-34-22-13-11-21(12-14-22)18-27-28-26(30)19-29(24-7-5-6-8-25(24)33-3)35(31,32)23-15-9-20(2)10-16-23/h5-16,18H,4,17,19H2,1-3H3,(H,28,30)/b27-18-. The Balaban J connectivity index is 1.79. The van der Waals surface area contributed by atoms with Crippen LogP contribution in [0.4, 0.5) is 5.69 Å². The van der Waals surface area contributed by atoms with Gasteiger partial charge in [-0.25, -0.2) is 13.8 Å². The molecule has 0 fully saturated rings. The molecule has 184 valence electrons. The van der Waals surface area contributed by atoms with Crippen molar-refractivity contribution < 1.29 is 22.7 Å². The maximum atomic E-state index is 13.5. The number of carbonyl (C=O) groups is 1. The second kappa shape index (κ2) is 12.0. The number of sulfonamides is 1. The van der Waals surface area contributed by atoms with Gasteiger partial charge in [-0.05, 0) is 67.4 Å². The molecule has 0 aromatic heterocycles. The predicted octanol–water partition coefficient (Wildman–Crippen LogP) is 4.14. The van der Waals surface area contributed by atoms with E-state index in [4.69, 9.17) is 9.47 Å². The highest BCUT2D eigenvalue weighted by molar-refractivity contribution is 7.92. The molecule has 3 aromatic carbocycles. The Morgan fingerprint density at radius 2 is 1.71 bits per heavy atom. The van der Waals surface area contributed by atoms with Crippen molar-refractivity contribution in [3.8, 4) is 11.5 Å². The summed E-state index contributed by atoms with van der Waals surface area (Å²) in [6, 6.07) is 20.3. The fourth-order valence-corrected chi connectivity index (χ4v) is 4.62. The summed E-state index contributed by atoms with van der Waals surface area (Å²) in [7, 11) is -2.62. The van der Waals surface area contributed by atoms with Crippen molar-refractivity contribution in [2.75, 3.05) is 24.6 Å². The number of anilines is 1. The number of aryl methyl sites for hydroxylation is 1. The van der Waals surface area contributed by atoms with E-state index in [-0.39, 0.29) is 10.6 Å². The molecule has 0 heterocycles. The Kier molecular flexibility index (Phi) is 8.86. The Morgan fingerprint density at radius 1 is 1.03 bits per heavy atom. The number of amides is 1. The number of benzene rings is 3. The molecule has 35 heavy (non-hydrogen) atoms. The predicted molar refractivity (Wildman–Crippen MR) is 137 cm³/mol. The third kappa shape index (κ3) is 6.83. The molecule has 0 bridgehead atoms. The lowest BCUT2D eigenvalue weighted by Gasteiger charge is -2.25. The van der Waals surface area contributed by atoms with Crippen LogP contribution in [0.5, 0.6) is 11.5 Å². The van der Waals surface area contributed by atoms with Crippen molar-refractivity contribution in [3.05, 3.63) is 83.9 Å². The quantitative estimate of drug-likeness (QED) is 0.319. The lowest BCUT2D eigenvalue weighted by atomic mass is 10.2. The molecule has 0 aliphatic carbocycles. The molecule has 0 spiro atoms. The summed E-state index contributed by atoms with van der Waals surface area (Å²) in [4.78, 5) is 12.8. The van der Waals surface area contributed by atoms with Crippen molar-refractivity contribution in [3.63, 3.8) is 0 Å². The fourth-order valence-electron chi connectivity index (χ4n) is 3.19. The summed E-state index contributed by atoms with van der Waals surface area (Å²) in [5, 5.41) is 3.97. The highest BCUT2D eigenvalue weighted by Gasteiger charge is 2.29. The lowest BCUT2D eigenvalue weighted by Crippen LogP contribution is -2.39. The van der Waals surface area contributed by atoms with Crippen LogP contribution in [0.3, 0.4) is 0 Å². The van der Waals surface area contributed by atoms with E-state index in [1.165, 1.54) is 25.5 Å². The minimum absolute atomic E-state index is 0.0655. The van der Waals surface area contributed by atoms with E-state index < -0.39 is 22.5 Å². The molecular weight excluding hydrogens is 466 g/mol. The third-order valence-electron chi connectivity index (χ3n) is 5.01. The van der Waals surface area contributed by atoms with E-state index in [0.29, 0.717) is 12.4 Å². The average Bonchev–Trinajstić information content (AvgIpc) is 2.87. The zero-order valence-electron chi connectivity index (χ0n) is 20.0. The van der Waals surface area contributed by atoms with Crippen LogP contribution < -0.4 is 19.2 Å². The maximum Gasteiger partial charge on any atom is 0.264 e. The van der Waals surface area contributed by atoms with Crippen molar-refractivity contribution in [1.29, 1.82) is 0 Å². The van der Waals surface area contributed by atoms with Crippen LogP contribution in [0, 0.1) is 6.92 Å². The largest absolute Gasteiger partial charge is 0.495 e. The number of hydrogen-bond donors (Lipinski definition) is 1. The van der Waals surface area contributed by atoms with Gasteiger partial charge in [-0.1, -0.05) is 36.8 Å². The molecule has 1 N–H and O–H groups in total. The van der Waals surface area contributed by atoms with Gasteiger partial charge < -0.3 is 9.47 Å². The normalized spacial score (nSPS) is 11.3. The molecule has 9 heteroatoms. The maximum absolute atomic E-state index is 13.5. The van der Waals surface area contributed by atoms with Gasteiger partial charge >= 0.3 is 0 Å². The van der Waals surface area contributed by atoms with Gasteiger partial charge in [0.1, 0.15) is 18.0 Å². The van der Waals surface area contributed by atoms with Crippen molar-refractivity contribution >= 4 is 27.8 Å². The van der Waals surface area contributed by atoms with Gasteiger partial charge in [0.05, 0.1) is 30.5 Å². The Labute approximate surface area is 206 Å². The SMILES string of the molecule is CCCOc1ccc(/C=N\NC(=O)CN(c2ccccc2OC)S(=O)(=O)c2ccc(C)cc2)cc1. The van der Waals surface area contributed by atoms with Crippen molar-refractivity contribution in [2.45, 2.75) is 25.2 Å². The third-order valence-corrected chi connectivity index (χ3v) is 6.78. The van der Waals surface area contributed by atoms with Gasteiger partial charge in [0, 0.05) is 0 Å². The van der Waals surface area contributed by atoms with Gasteiger partial charge in [0.2, 0.25) is 0 Å². The highest BCUT2D eigenvalue weighted by Crippen LogP contribution is 2.32. The molecule has 3 aromatic rings. The molecule has 0 radical (unpaired) electrons. The van der Waals surface area contributed by atoms with Crippen LogP contribution in [0.1, 0.15) is 24.5 Å². The first-order chi connectivity index (χ1) is 16.8. The first-order valence-electron chi connectivity index (χ1n) is 11.1. The van der Waals surface area contributed by atoms with Gasteiger partial charge in [0.25, 0.3) is 15.9 Å². The molecule has 0 saturated carbocycles. The number of para-hydroxylation sites is 2. The van der Waals surface area contributed by atoms with Crippen LogP contribution in [-0.4, -0.2) is 40.8 Å². The van der Waals surface area contributed by atoms with Gasteiger partial charge in [0.15, 0.2) is 0 Å². The van der Waals surface area contributed by atoms with Gasteiger partial charge in [-0.2, -0.15) is 5.10 Å². The number of hydrazone groups is 1.